The molecule has 140 valence electrons. The molecular weight excluding hydrogens is 351 g/mol. The lowest BCUT2D eigenvalue weighted by atomic mass is 9.88. The van der Waals surface area contributed by atoms with E-state index in [1.807, 2.05) is 31.3 Å². The van der Waals surface area contributed by atoms with E-state index >= 15 is 0 Å². The van der Waals surface area contributed by atoms with Gasteiger partial charge in [0.1, 0.15) is 10.8 Å². The number of rotatable bonds is 5. The van der Waals surface area contributed by atoms with Gasteiger partial charge >= 0.3 is 0 Å². The normalized spacial score (nSPS) is 15.5. The topological polar surface area (TPSA) is 25.2 Å². The van der Waals surface area contributed by atoms with Gasteiger partial charge in [-0.25, -0.2) is 4.39 Å². The van der Waals surface area contributed by atoms with Gasteiger partial charge in [-0.05, 0) is 55.4 Å². The number of piperidine rings is 1. The molecule has 3 rings (SSSR count). The molecular formula is C21H26ClFN2O. The van der Waals surface area contributed by atoms with Crippen LogP contribution in [0.1, 0.15) is 49.7 Å². The standard InChI is InChI=1S/C21H26ClFN2O/c1-3-4-10-25-13-9-19(20(22)21(25)26)24-11-7-16(8-12-24)17-6-5-15(2)14-18(17)23/h5-6,9,13-14,16H,3-4,7-8,10-12H2,1-2H3. The molecule has 0 radical (unpaired) electrons. The number of halogens is 2. The molecule has 1 saturated heterocycles. The number of hydrogen-bond acceptors (Lipinski definition) is 2. The van der Waals surface area contributed by atoms with Crippen LogP contribution in [0.25, 0.3) is 0 Å². The van der Waals surface area contributed by atoms with Crippen molar-refractivity contribution in [3.05, 3.63) is 62.8 Å². The van der Waals surface area contributed by atoms with E-state index < -0.39 is 0 Å². The quantitative estimate of drug-likeness (QED) is 0.722. The predicted octanol–water partition coefficient (Wildman–Crippen LogP) is 5.13. The van der Waals surface area contributed by atoms with E-state index in [4.69, 9.17) is 11.6 Å². The van der Waals surface area contributed by atoms with Crippen molar-refractivity contribution in [3.8, 4) is 0 Å². The molecule has 0 unspecified atom stereocenters. The minimum atomic E-state index is -0.121. The number of benzene rings is 1. The van der Waals surface area contributed by atoms with Crippen LogP contribution in [-0.2, 0) is 6.54 Å². The third kappa shape index (κ3) is 3.96. The Balaban J connectivity index is 1.72. The maximum Gasteiger partial charge on any atom is 0.271 e. The summed E-state index contributed by atoms with van der Waals surface area (Å²) in [5, 5.41) is 0.295. The molecule has 26 heavy (non-hydrogen) atoms. The van der Waals surface area contributed by atoms with Crippen LogP contribution in [0.15, 0.2) is 35.3 Å². The number of aryl methyl sites for hydroxylation is 2. The Labute approximate surface area is 159 Å². The minimum Gasteiger partial charge on any atom is -0.370 e. The van der Waals surface area contributed by atoms with Gasteiger partial charge in [0, 0.05) is 25.8 Å². The molecule has 3 nitrogen and oxygen atoms in total. The Kier molecular flexibility index (Phi) is 6.02. The average Bonchev–Trinajstić information content (AvgIpc) is 2.63. The van der Waals surface area contributed by atoms with Crippen LogP contribution in [0.5, 0.6) is 0 Å². The van der Waals surface area contributed by atoms with E-state index in [2.05, 4.69) is 11.8 Å². The Hall–Kier alpha value is -1.81. The van der Waals surface area contributed by atoms with Crippen LogP contribution in [0.4, 0.5) is 10.1 Å². The molecule has 1 aliphatic heterocycles. The minimum absolute atomic E-state index is 0.111. The van der Waals surface area contributed by atoms with E-state index in [1.54, 1.807) is 10.6 Å². The van der Waals surface area contributed by atoms with Gasteiger partial charge in [0.05, 0.1) is 5.69 Å². The van der Waals surface area contributed by atoms with E-state index in [1.165, 1.54) is 0 Å². The summed E-state index contributed by atoms with van der Waals surface area (Å²) in [4.78, 5) is 14.6. The third-order valence-corrected chi connectivity index (χ3v) is 5.63. The SMILES string of the molecule is CCCCn1ccc(N2CCC(c3ccc(C)cc3F)CC2)c(Cl)c1=O. The first-order chi connectivity index (χ1) is 12.5. The number of nitrogens with zero attached hydrogens (tertiary/aromatic N) is 2. The summed E-state index contributed by atoms with van der Waals surface area (Å²) in [5.74, 6) is 0.107. The third-order valence-electron chi connectivity index (χ3n) is 5.27. The molecule has 1 fully saturated rings. The van der Waals surface area contributed by atoms with Crippen molar-refractivity contribution >= 4 is 17.3 Å². The van der Waals surface area contributed by atoms with Gasteiger partial charge in [-0.3, -0.25) is 4.79 Å². The zero-order chi connectivity index (χ0) is 18.7. The summed E-state index contributed by atoms with van der Waals surface area (Å²) in [5.41, 5.74) is 2.42. The number of unbranched alkanes of at least 4 members (excludes halogenated alkanes) is 1. The van der Waals surface area contributed by atoms with E-state index in [0.29, 0.717) is 11.6 Å². The lowest BCUT2D eigenvalue weighted by molar-refractivity contribution is 0.481. The van der Waals surface area contributed by atoms with E-state index in [0.717, 1.165) is 55.6 Å². The maximum absolute atomic E-state index is 14.2. The molecule has 0 bridgehead atoms. The van der Waals surface area contributed by atoms with Gasteiger partial charge in [0.25, 0.3) is 5.56 Å². The maximum atomic E-state index is 14.2. The van der Waals surface area contributed by atoms with Crippen LogP contribution in [0.3, 0.4) is 0 Å². The molecule has 1 aliphatic rings. The first-order valence-corrected chi connectivity index (χ1v) is 9.79. The second-order valence-corrected chi connectivity index (χ2v) is 7.53. The molecule has 0 amide bonds. The van der Waals surface area contributed by atoms with Crippen molar-refractivity contribution in [2.75, 3.05) is 18.0 Å². The zero-order valence-corrected chi connectivity index (χ0v) is 16.2. The Morgan fingerprint density at radius 2 is 1.96 bits per heavy atom. The summed E-state index contributed by atoms with van der Waals surface area (Å²) in [7, 11) is 0. The van der Waals surface area contributed by atoms with Crippen LogP contribution >= 0.6 is 11.6 Å². The molecule has 2 aromatic rings. The highest BCUT2D eigenvalue weighted by Crippen LogP contribution is 2.33. The number of aromatic nitrogens is 1. The van der Waals surface area contributed by atoms with Crippen molar-refractivity contribution in [1.29, 1.82) is 0 Å². The van der Waals surface area contributed by atoms with Crippen LogP contribution in [0, 0.1) is 12.7 Å². The lowest BCUT2D eigenvalue weighted by Gasteiger charge is -2.34. The van der Waals surface area contributed by atoms with E-state index in [-0.39, 0.29) is 17.3 Å². The van der Waals surface area contributed by atoms with Crippen molar-refractivity contribution in [3.63, 3.8) is 0 Å². The van der Waals surface area contributed by atoms with Gasteiger partial charge in [0.2, 0.25) is 0 Å². The fourth-order valence-electron chi connectivity index (χ4n) is 3.68. The number of anilines is 1. The lowest BCUT2D eigenvalue weighted by Crippen LogP contribution is -2.35. The van der Waals surface area contributed by atoms with Crippen molar-refractivity contribution < 1.29 is 4.39 Å². The molecule has 2 heterocycles. The van der Waals surface area contributed by atoms with Crippen molar-refractivity contribution in [2.45, 2.75) is 52.0 Å². The number of hydrogen-bond donors (Lipinski definition) is 0. The smallest absolute Gasteiger partial charge is 0.271 e. The molecule has 0 aliphatic carbocycles. The van der Waals surface area contributed by atoms with Gasteiger partial charge in [-0.2, -0.15) is 0 Å². The van der Waals surface area contributed by atoms with Gasteiger partial charge < -0.3 is 9.47 Å². The summed E-state index contributed by atoms with van der Waals surface area (Å²) >= 11 is 6.37. The largest absolute Gasteiger partial charge is 0.370 e. The zero-order valence-electron chi connectivity index (χ0n) is 15.5. The van der Waals surface area contributed by atoms with Crippen LogP contribution in [-0.4, -0.2) is 17.7 Å². The molecule has 0 N–H and O–H groups in total. The van der Waals surface area contributed by atoms with Crippen molar-refractivity contribution in [1.82, 2.24) is 4.57 Å². The summed E-state index contributed by atoms with van der Waals surface area (Å²) in [6, 6.07) is 7.42. The highest BCUT2D eigenvalue weighted by atomic mass is 35.5. The Bertz CT molecular complexity index is 825. The molecule has 0 spiro atoms. The molecule has 1 aromatic carbocycles. The summed E-state index contributed by atoms with van der Waals surface area (Å²) < 4.78 is 15.9. The fraction of sp³-hybridized carbons (Fsp3) is 0.476. The van der Waals surface area contributed by atoms with Gasteiger partial charge in [-0.15, -0.1) is 0 Å². The highest BCUT2D eigenvalue weighted by Gasteiger charge is 2.24. The first-order valence-electron chi connectivity index (χ1n) is 9.41. The van der Waals surface area contributed by atoms with E-state index in [9.17, 15) is 9.18 Å². The fourth-order valence-corrected chi connectivity index (χ4v) is 3.97. The summed E-state index contributed by atoms with van der Waals surface area (Å²) in [6.07, 6.45) is 5.55. The Morgan fingerprint density at radius 1 is 1.23 bits per heavy atom. The Morgan fingerprint density at radius 3 is 2.62 bits per heavy atom. The molecule has 0 atom stereocenters. The number of pyridine rings is 1. The van der Waals surface area contributed by atoms with Gasteiger partial charge in [0.15, 0.2) is 0 Å². The second kappa shape index (κ2) is 8.26. The van der Waals surface area contributed by atoms with Crippen LogP contribution in [0.2, 0.25) is 5.02 Å². The second-order valence-electron chi connectivity index (χ2n) is 7.15. The first kappa shape index (κ1) is 19.0. The molecule has 5 heteroatoms. The van der Waals surface area contributed by atoms with Gasteiger partial charge in [-0.1, -0.05) is 37.1 Å². The average molecular weight is 377 g/mol. The van der Waals surface area contributed by atoms with Crippen LogP contribution < -0.4 is 10.5 Å². The summed E-state index contributed by atoms with van der Waals surface area (Å²) in [6.45, 7) is 6.25. The highest BCUT2D eigenvalue weighted by molar-refractivity contribution is 6.33. The molecule has 1 aromatic heterocycles. The van der Waals surface area contributed by atoms with Crippen molar-refractivity contribution in [2.24, 2.45) is 0 Å². The predicted molar refractivity (Wildman–Crippen MR) is 106 cm³/mol. The molecule has 0 saturated carbocycles. The monoisotopic (exact) mass is 376 g/mol.